The number of aromatic nitrogens is 1. The van der Waals surface area contributed by atoms with Gasteiger partial charge in [0.15, 0.2) is 0 Å². The second kappa shape index (κ2) is 8.57. The highest BCUT2D eigenvalue weighted by Gasteiger charge is 2.22. The predicted molar refractivity (Wildman–Crippen MR) is 96.5 cm³/mol. The van der Waals surface area contributed by atoms with Gasteiger partial charge in [0.25, 0.3) is 10.2 Å². The van der Waals surface area contributed by atoms with Crippen LogP contribution in [0, 0.1) is 5.82 Å². The third-order valence-electron chi connectivity index (χ3n) is 4.18. The fourth-order valence-electron chi connectivity index (χ4n) is 2.77. The number of pyridine rings is 1. The highest BCUT2D eigenvalue weighted by Crippen LogP contribution is 2.20. The van der Waals surface area contributed by atoms with Crippen molar-refractivity contribution in [1.29, 1.82) is 0 Å². The highest BCUT2D eigenvalue weighted by molar-refractivity contribution is 7.87. The number of benzene rings is 1. The fraction of sp³-hybridized carbons (Fsp3) is 0.389. The Bertz CT molecular complexity index is 820. The average molecular weight is 379 g/mol. The van der Waals surface area contributed by atoms with Gasteiger partial charge in [-0.25, -0.2) is 9.37 Å². The molecule has 2 aromatic rings. The molecular formula is C18H22FN3O3S. The van der Waals surface area contributed by atoms with Crippen molar-refractivity contribution in [2.45, 2.75) is 32.2 Å². The molecule has 140 valence electrons. The van der Waals surface area contributed by atoms with Crippen molar-refractivity contribution >= 4 is 10.2 Å². The van der Waals surface area contributed by atoms with Crippen molar-refractivity contribution < 1.29 is 17.5 Å². The molecule has 0 spiro atoms. The summed E-state index contributed by atoms with van der Waals surface area (Å²) in [6.45, 7) is 1.29. The van der Waals surface area contributed by atoms with Crippen molar-refractivity contribution in [3.8, 4) is 11.6 Å². The Balaban J connectivity index is 1.57. The molecule has 26 heavy (non-hydrogen) atoms. The van der Waals surface area contributed by atoms with Crippen LogP contribution in [0.1, 0.15) is 31.2 Å². The van der Waals surface area contributed by atoms with Gasteiger partial charge in [-0.15, -0.1) is 0 Å². The Morgan fingerprint density at radius 2 is 1.88 bits per heavy atom. The van der Waals surface area contributed by atoms with Crippen molar-refractivity contribution in [1.82, 2.24) is 14.0 Å². The van der Waals surface area contributed by atoms with Crippen LogP contribution in [0.5, 0.6) is 11.6 Å². The minimum absolute atomic E-state index is 0.159. The first kappa shape index (κ1) is 18.8. The summed E-state index contributed by atoms with van der Waals surface area (Å²) >= 11 is 0. The maximum atomic E-state index is 13.2. The van der Waals surface area contributed by atoms with Gasteiger partial charge < -0.3 is 4.74 Å². The minimum atomic E-state index is -3.49. The van der Waals surface area contributed by atoms with E-state index in [9.17, 15) is 12.8 Å². The predicted octanol–water partition coefficient (Wildman–Crippen LogP) is 3.22. The summed E-state index contributed by atoms with van der Waals surface area (Å²) in [6.07, 6.45) is 5.48. The van der Waals surface area contributed by atoms with Crippen molar-refractivity contribution in [2.75, 3.05) is 13.1 Å². The first-order valence-corrected chi connectivity index (χ1v) is 10.1. The maximum absolute atomic E-state index is 13.2. The lowest BCUT2D eigenvalue weighted by atomic mass is 10.2. The van der Waals surface area contributed by atoms with Gasteiger partial charge in [-0.3, -0.25) is 0 Å². The third-order valence-corrected chi connectivity index (χ3v) is 5.73. The first-order chi connectivity index (χ1) is 12.5. The van der Waals surface area contributed by atoms with Crippen LogP contribution in [0.2, 0.25) is 0 Å². The topological polar surface area (TPSA) is 71.5 Å². The molecule has 1 aromatic carbocycles. The highest BCUT2D eigenvalue weighted by atomic mass is 32.2. The summed E-state index contributed by atoms with van der Waals surface area (Å²) in [4.78, 5) is 4.14. The van der Waals surface area contributed by atoms with Gasteiger partial charge in [-0.2, -0.15) is 17.4 Å². The van der Waals surface area contributed by atoms with E-state index < -0.39 is 10.2 Å². The average Bonchev–Trinajstić information content (AvgIpc) is 2.91. The third kappa shape index (κ3) is 5.23. The molecule has 2 heterocycles. The molecule has 0 atom stereocenters. The summed E-state index contributed by atoms with van der Waals surface area (Å²) in [7, 11) is -3.49. The van der Waals surface area contributed by atoms with Crippen LogP contribution in [-0.2, 0) is 16.8 Å². The van der Waals surface area contributed by atoms with E-state index in [4.69, 9.17) is 4.74 Å². The Hall–Kier alpha value is -2.03. The number of ether oxygens (including phenoxy) is 1. The summed E-state index contributed by atoms with van der Waals surface area (Å²) in [5.41, 5.74) is 0.718. The number of halogens is 1. The Labute approximate surface area is 153 Å². The lowest BCUT2D eigenvalue weighted by Crippen LogP contribution is -2.40. The van der Waals surface area contributed by atoms with Crippen LogP contribution in [0.4, 0.5) is 4.39 Å². The zero-order chi connectivity index (χ0) is 18.4. The number of rotatable bonds is 6. The van der Waals surface area contributed by atoms with E-state index in [1.807, 2.05) is 0 Å². The lowest BCUT2D eigenvalue weighted by Gasteiger charge is -2.20. The molecule has 0 radical (unpaired) electrons. The summed E-state index contributed by atoms with van der Waals surface area (Å²) in [6, 6.07) is 9.14. The second-order valence-corrected chi connectivity index (χ2v) is 7.96. The van der Waals surface area contributed by atoms with Crippen molar-refractivity contribution in [3.05, 3.63) is 54.0 Å². The SMILES string of the molecule is O=S(=O)(NCc1ccc(Oc2cccc(F)c2)nc1)N1CCCCCC1. The zero-order valence-corrected chi connectivity index (χ0v) is 15.2. The van der Waals surface area contributed by atoms with Gasteiger partial charge in [0, 0.05) is 38.0 Å². The molecule has 6 nitrogen and oxygen atoms in total. The minimum Gasteiger partial charge on any atom is -0.439 e. The smallest absolute Gasteiger partial charge is 0.279 e. The molecule has 0 unspecified atom stereocenters. The van der Waals surface area contributed by atoms with E-state index in [1.165, 1.54) is 16.4 Å². The van der Waals surface area contributed by atoms with Crippen LogP contribution in [-0.4, -0.2) is 30.8 Å². The van der Waals surface area contributed by atoms with E-state index in [-0.39, 0.29) is 12.4 Å². The standard InChI is InChI=1S/C18H22FN3O3S/c19-16-6-5-7-17(12-16)25-18-9-8-15(13-20-18)14-21-26(23,24)22-10-3-1-2-4-11-22/h5-9,12-13,21H,1-4,10-11,14H2. The molecule has 1 saturated heterocycles. The molecule has 0 amide bonds. The van der Waals surface area contributed by atoms with Crippen LogP contribution in [0.3, 0.4) is 0 Å². The monoisotopic (exact) mass is 379 g/mol. The largest absolute Gasteiger partial charge is 0.439 e. The number of nitrogens with one attached hydrogen (secondary N) is 1. The molecule has 1 fully saturated rings. The second-order valence-electron chi connectivity index (χ2n) is 6.20. The first-order valence-electron chi connectivity index (χ1n) is 8.66. The number of hydrogen-bond donors (Lipinski definition) is 1. The van der Waals surface area contributed by atoms with Gasteiger partial charge in [0.05, 0.1) is 0 Å². The number of nitrogens with zero attached hydrogens (tertiary/aromatic N) is 2. The molecule has 1 aliphatic heterocycles. The molecule has 0 saturated carbocycles. The number of hydrogen-bond acceptors (Lipinski definition) is 4. The van der Waals surface area contributed by atoms with Gasteiger partial charge in [-0.05, 0) is 30.5 Å². The summed E-state index contributed by atoms with van der Waals surface area (Å²) in [5, 5.41) is 0. The molecule has 1 aromatic heterocycles. The molecule has 0 aliphatic carbocycles. The van der Waals surface area contributed by atoms with E-state index in [2.05, 4.69) is 9.71 Å². The Kier molecular flexibility index (Phi) is 6.18. The van der Waals surface area contributed by atoms with Crippen LogP contribution in [0.25, 0.3) is 0 Å². The fourth-order valence-corrected chi connectivity index (χ4v) is 4.05. The van der Waals surface area contributed by atoms with Crippen molar-refractivity contribution in [3.63, 3.8) is 0 Å². The van der Waals surface area contributed by atoms with Crippen LogP contribution in [0.15, 0.2) is 42.6 Å². The molecule has 1 aliphatic rings. The van der Waals surface area contributed by atoms with E-state index in [0.717, 1.165) is 31.2 Å². The Morgan fingerprint density at radius 1 is 1.12 bits per heavy atom. The molecule has 8 heteroatoms. The maximum Gasteiger partial charge on any atom is 0.279 e. The molecule has 0 bridgehead atoms. The van der Waals surface area contributed by atoms with Crippen LogP contribution < -0.4 is 9.46 Å². The summed E-state index contributed by atoms with van der Waals surface area (Å²) < 4.78 is 47.5. The van der Waals surface area contributed by atoms with E-state index >= 15 is 0 Å². The quantitative estimate of drug-likeness (QED) is 0.837. The lowest BCUT2D eigenvalue weighted by molar-refractivity contribution is 0.414. The van der Waals surface area contributed by atoms with E-state index in [1.54, 1.807) is 30.5 Å². The molecular weight excluding hydrogens is 357 g/mol. The Morgan fingerprint density at radius 3 is 2.54 bits per heavy atom. The van der Waals surface area contributed by atoms with Gasteiger partial charge in [0.1, 0.15) is 11.6 Å². The van der Waals surface area contributed by atoms with E-state index in [0.29, 0.717) is 24.7 Å². The van der Waals surface area contributed by atoms with Gasteiger partial charge in [-0.1, -0.05) is 25.0 Å². The normalized spacial score (nSPS) is 16.2. The molecule has 3 rings (SSSR count). The van der Waals surface area contributed by atoms with Crippen molar-refractivity contribution in [2.24, 2.45) is 0 Å². The van der Waals surface area contributed by atoms with Crippen LogP contribution >= 0.6 is 0 Å². The zero-order valence-electron chi connectivity index (χ0n) is 14.4. The molecule has 1 N–H and O–H groups in total. The van der Waals surface area contributed by atoms with Gasteiger partial charge >= 0.3 is 0 Å². The van der Waals surface area contributed by atoms with Gasteiger partial charge in [0.2, 0.25) is 5.88 Å². The summed E-state index contributed by atoms with van der Waals surface area (Å²) in [5.74, 6) is 0.281.